The van der Waals surface area contributed by atoms with E-state index in [1.54, 1.807) is 30.3 Å². The Morgan fingerprint density at radius 1 is 1.08 bits per heavy atom. The van der Waals surface area contributed by atoms with Gasteiger partial charge in [-0.25, -0.2) is 19.1 Å². The molecule has 0 bridgehead atoms. The summed E-state index contributed by atoms with van der Waals surface area (Å²) in [5.41, 5.74) is 1.95. The van der Waals surface area contributed by atoms with E-state index in [0.29, 0.717) is 6.07 Å². The predicted octanol–water partition coefficient (Wildman–Crippen LogP) is 2.50. The summed E-state index contributed by atoms with van der Waals surface area (Å²) in [6, 6.07) is 10.8. The third kappa shape index (κ3) is 4.75. The van der Waals surface area contributed by atoms with Crippen LogP contribution in [0.1, 0.15) is 5.56 Å². The zero-order chi connectivity index (χ0) is 17.5. The molecule has 0 saturated carbocycles. The molecule has 126 valence electrons. The maximum Gasteiger partial charge on any atom is 0.322 e. The molecule has 6 nitrogen and oxygen atoms in total. The first-order valence-corrected chi connectivity index (χ1v) is 6.97. The molecule has 0 aromatic heterocycles. The number of amides is 3. The Morgan fingerprint density at radius 2 is 1.79 bits per heavy atom. The van der Waals surface area contributed by atoms with E-state index in [4.69, 9.17) is 5.21 Å². The number of benzene rings is 2. The van der Waals surface area contributed by atoms with Crippen molar-refractivity contribution in [2.45, 2.75) is 6.54 Å². The van der Waals surface area contributed by atoms with E-state index in [0.717, 1.165) is 22.6 Å². The number of nitrogens with zero attached hydrogens (tertiary/aromatic N) is 1. The first kappa shape index (κ1) is 17.4. The Hall–Kier alpha value is -3.00. The summed E-state index contributed by atoms with van der Waals surface area (Å²) in [7, 11) is 0. The number of nitrogens with one attached hydrogen (secondary N) is 2. The van der Waals surface area contributed by atoms with E-state index in [-0.39, 0.29) is 12.2 Å². The van der Waals surface area contributed by atoms with Crippen LogP contribution in [0.5, 0.6) is 0 Å². The molecule has 3 N–H and O–H groups in total. The lowest BCUT2D eigenvalue weighted by Crippen LogP contribution is -2.41. The van der Waals surface area contributed by atoms with Crippen molar-refractivity contribution in [2.75, 3.05) is 11.9 Å². The molecule has 0 aliphatic carbocycles. The molecule has 0 heterocycles. The minimum atomic E-state index is -0.936. The second-order valence-corrected chi connectivity index (χ2v) is 4.93. The minimum absolute atomic E-state index is 0.0584. The summed E-state index contributed by atoms with van der Waals surface area (Å²) in [5.74, 6) is -2.51. The highest BCUT2D eigenvalue weighted by Crippen LogP contribution is 2.16. The number of hydrogen-bond donors (Lipinski definition) is 3. The predicted molar refractivity (Wildman–Crippen MR) is 82.2 cm³/mol. The topological polar surface area (TPSA) is 81.7 Å². The van der Waals surface area contributed by atoms with Gasteiger partial charge in [-0.1, -0.05) is 30.3 Å². The Labute approximate surface area is 136 Å². The fourth-order valence-electron chi connectivity index (χ4n) is 2.00. The van der Waals surface area contributed by atoms with Gasteiger partial charge in [-0.2, -0.15) is 0 Å². The van der Waals surface area contributed by atoms with Crippen LogP contribution in [0.2, 0.25) is 0 Å². The average Bonchev–Trinajstić information content (AvgIpc) is 2.57. The fraction of sp³-hybridized carbons (Fsp3) is 0.125. The third-order valence-corrected chi connectivity index (χ3v) is 3.14. The summed E-state index contributed by atoms with van der Waals surface area (Å²) in [6.07, 6.45) is 0. The highest BCUT2D eigenvalue weighted by atomic mass is 19.1. The van der Waals surface area contributed by atoms with Crippen LogP contribution in [0.15, 0.2) is 48.5 Å². The smallest absolute Gasteiger partial charge is 0.311 e. The Kier molecular flexibility index (Phi) is 5.80. The number of hydrogen-bond acceptors (Lipinski definition) is 3. The summed E-state index contributed by atoms with van der Waals surface area (Å²) in [4.78, 5) is 24.7. The summed E-state index contributed by atoms with van der Waals surface area (Å²) < 4.78 is 26.5. The van der Waals surface area contributed by atoms with Gasteiger partial charge in [0, 0.05) is 12.6 Å². The van der Waals surface area contributed by atoms with Crippen LogP contribution >= 0.6 is 0 Å². The van der Waals surface area contributed by atoms with Gasteiger partial charge >= 0.3 is 6.03 Å². The van der Waals surface area contributed by atoms with Crippen molar-refractivity contribution in [1.82, 2.24) is 10.4 Å². The van der Waals surface area contributed by atoms with E-state index in [1.807, 2.05) is 0 Å². The van der Waals surface area contributed by atoms with E-state index >= 15 is 0 Å². The van der Waals surface area contributed by atoms with Crippen molar-refractivity contribution in [3.05, 3.63) is 65.7 Å². The zero-order valence-electron chi connectivity index (χ0n) is 12.5. The molecule has 2 rings (SSSR count). The van der Waals surface area contributed by atoms with Gasteiger partial charge in [-0.3, -0.25) is 10.0 Å². The van der Waals surface area contributed by atoms with Gasteiger partial charge in [0.05, 0.1) is 5.69 Å². The summed E-state index contributed by atoms with van der Waals surface area (Å²) in [5, 5.41) is 10.9. The second kappa shape index (κ2) is 8.02. The molecule has 0 atom stereocenters. The highest BCUT2D eigenvalue weighted by molar-refractivity contribution is 5.92. The van der Waals surface area contributed by atoms with Crippen LogP contribution in [-0.4, -0.2) is 28.6 Å². The lowest BCUT2D eigenvalue weighted by atomic mass is 10.2. The molecule has 3 amide bonds. The number of anilines is 1. The van der Waals surface area contributed by atoms with Crippen LogP contribution in [0, 0.1) is 11.6 Å². The Bertz CT molecular complexity index is 726. The number of urea groups is 1. The quantitative estimate of drug-likeness (QED) is 0.580. The van der Waals surface area contributed by atoms with Crippen molar-refractivity contribution in [3.63, 3.8) is 0 Å². The first-order chi connectivity index (χ1) is 11.5. The average molecular weight is 335 g/mol. The number of halogens is 2. The molecule has 0 aliphatic heterocycles. The van der Waals surface area contributed by atoms with Crippen LogP contribution in [0.3, 0.4) is 0 Å². The van der Waals surface area contributed by atoms with Crippen LogP contribution < -0.4 is 10.8 Å². The van der Waals surface area contributed by atoms with E-state index in [2.05, 4.69) is 5.32 Å². The van der Waals surface area contributed by atoms with E-state index in [1.165, 1.54) is 5.48 Å². The van der Waals surface area contributed by atoms with Gasteiger partial charge in [-0.15, -0.1) is 0 Å². The van der Waals surface area contributed by atoms with Gasteiger partial charge in [0.1, 0.15) is 18.2 Å². The van der Waals surface area contributed by atoms with Gasteiger partial charge < -0.3 is 10.2 Å². The van der Waals surface area contributed by atoms with Gasteiger partial charge in [0.15, 0.2) is 0 Å². The monoisotopic (exact) mass is 335 g/mol. The molecule has 24 heavy (non-hydrogen) atoms. The molecule has 0 spiro atoms. The minimum Gasteiger partial charge on any atom is -0.311 e. The highest BCUT2D eigenvalue weighted by Gasteiger charge is 2.19. The SMILES string of the molecule is O=C(CN(Cc1ccccc1)C(=O)Nc1ccc(F)cc1F)NO. The molecule has 0 saturated heterocycles. The largest absolute Gasteiger partial charge is 0.322 e. The van der Waals surface area contributed by atoms with E-state index < -0.39 is 30.1 Å². The molecule has 0 radical (unpaired) electrons. The molecule has 2 aromatic rings. The third-order valence-electron chi connectivity index (χ3n) is 3.14. The van der Waals surface area contributed by atoms with Gasteiger partial charge in [0.25, 0.3) is 5.91 Å². The molecular formula is C16H15F2N3O3. The number of carbonyl (C=O) groups excluding carboxylic acids is 2. The molecule has 8 heteroatoms. The van der Waals surface area contributed by atoms with Crippen molar-refractivity contribution >= 4 is 17.6 Å². The molecule has 0 fully saturated rings. The van der Waals surface area contributed by atoms with Crippen molar-refractivity contribution in [2.24, 2.45) is 0 Å². The van der Waals surface area contributed by atoms with Crippen LogP contribution in [0.25, 0.3) is 0 Å². The van der Waals surface area contributed by atoms with Crippen molar-refractivity contribution < 1.29 is 23.6 Å². The Balaban J connectivity index is 2.15. The maximum atomic E-state index is 13.6. The van der Waals surface area contributed by atoms with Crippen LogP contribution in [-0.2, 0) is 11.3 Å². The second-order valence-electron chi connectivity index (χ2n) is 4.93. The van der Waals surface area contributed by atoms with E-state index in [9.17, 15) is 18.4 Å². The molecular weight excluding hydrogens is 320 g/mol. The van der Waals surface area contributed by atoms with Crippen molar-refractivity contribution in [1.29, 1.82) is 0 Å². The van der Waals surface area contributed by atoms with Crippen LogP contribution in [0.4, 0.5) is 19.3 Å². The zero-order valence-corrected chi connectivity index (χ0v) is 12.5. The lowest BCUT2D eigenvalue weighted by Gasteiger charge is -2.22. The van der Waals surface area contributed by atoms with Gasteiger partial charge in [0.2, 0.25) is 0 Å². The standard InChI is InChI=1S/C16H15F2N3O3/c17-12-6-7-14(13(18)8-12)19-16(23)21(10-15(22)20-24)9-11-4-2-1-3-5-11/h1-8,24H,9-10H2,(H,19,23)(H,20,22). The Morgan fingerprint density at radius 3 is 2.42 bits per heavy atom. The molecule has 0 aliphatic rings. The molecule has 0 unspecified atom stereocenters. The number of carbonyl (C=O) groups is 2. The normalized spacial score (nSPS) is 10.1. The summed E-state index contributed by atoms with van der Waals surface area (Å²) in [6.45, 7) is -0.386. The summed E-state index contributed by atoms with van der Waals surface area (Å²) >= 11 is 0. The van der Waals surface area contributed by atoms with Gasteiger partial charge in [-0.05, 0) is 17.7 Å². The maximum absolute atomic E-state index is 13.6. The fourth-order valence-corrected chi connectivity index (χ4v) is 2.00. The lowest BCUT2D eigenvalue weighted by molar-refractivity contribution is -0.129. The molecule has 2 aromatic carbocycles. The van der Waals surface area contributed by atoms with Crippen molar-refractivity contribution in [3.8, 4) is 0 Å². The number of rotatable bonds is 5. The number of hydroxylamine groups is 1. The first-order valence-electron chi connectivity index (χ1n) is 6.97.